The van der Waals surface area contributed by atoms with Crippen molar-refractivity contribution in [2.75, 3.05) is 26.7 Å². The molecule has 0 aromatic heterocycles. The van der Waals surface area contributed by atoms with Crippen LogP contribution in [0.15, 0.2) is 24.3 Å². The van der Waals surface area contributed by atoms with E-state index in [0.717, 1.165) is 13.0 Å². The Hall–Kier alpha value is -1.06. The third-order valence-electron chi connectivity index (χ3n) is 4.73. The van der Waals surface area contributed by atoms with Crippen molar-refractivity contribution in [3.63, 3.8) is 0 Å². The van der Waals surface area contributed by atoms with Crippen LogP contribution in [0.3, 0.4) is 0 Å². The average Bonchev–Trinajstić information content (AvgIpc) is 2.45. The van der Waals surface area contributed by atoms with Gasteiger partial charge < -0.3 is 10.0 Å². The van der Waals surface area contributed by atoms with Crippen molar-refractivity contribution < 1.29 is 5.11 Å². The maximum atomic E-state index is 9.31. The van der Waals surface area contributed by atoms with Crippen molar-refractivity contribution in [3.8, 4) is 5.75 Å². The smallest absolute Gasteiger partial charge is 0.115 e. The number of phenolic OH excluding ortho intramolecular Hbond substituents is 1. The summed E-state index contributed by atoms with van der Waals surface area (Å²) in [5, 5.41) is 9.31. The second kappa shape index (κ2) is 6.80. The maximum absolute atomic E-state index is 9.31. The summed E-state index contributed by atoms with van der Waals surface area (Å²) in [4.78, 5) is 5.10. The van der Waals surface area contributed by atoms with Gasteiger partial charge in [0.15, 0.2) is 0 Å². The number of likely N-dealkylation sites (tertiary alicyclic amines) is 1. The number of likely N-dealkylation sites (N-methyl/N-ethyl adjacent to an activating group) is 1. The van der Waals surface area contributed by atoms with Crippen LogP contribution in [0.5, 0.6) is 5.75 Å². The molecule has 21 heavy (non-hydrogen) atoms. The van der Waals surface area contributed by atoms with Gasteiger partial charge in [0.2, 0.25) is 0 Å². The summed E-state index contributed by atoms with van der Waals surface area (Å²) in [6.45, 7) is 10.4. The second-order valence-electron chi connectivity index (χ2n) is 7.29. The van der Waals surface area contributed by atoms with Crippen LogP contribution in [-0.4, -0.2) is 53.2 Å². The van der Waals surface area contributed by atoms with E-state index in [1.54, 1.807) is 12.1 Å². The monoisotopic (exact) mass is 290 g/mol. The zero-order chi connectivity index (χ0) is 15.5. The van der Waals surface area contributed by atoms with Crippen molar-refractivity contribution >= 4 is 0 Å². The van der Waals surface area contributed by atoms with Crippen LogP contribution in [0, 0.1) is 0 Å². The van der Waals surface area contributed by atoms with Crippen LogP contribution in [0.4, 0.5) is 0 Å². The van der Waals surface area contributed by atoms with Crippen LogP contribution < -0.4 is 0 Å². The van der Waals surface area contributed by atoms with Gasteiger partial charge in [-0.2, -0.15) is 0 Å². The molecule has 0 amide bonds. The molecule has 1 N–H and O–H groups in total. The summed E-state index contributed by atoms with van der Waals surface area (Å²) in [6.07, 6.45) is 3.59. The van der Waals surface area contributed by atoms with Crippen molar-refractivity contribution in [3.05, 3.63) is 29.8 Å². The third-order valence-corrected chi connectivity index (χ3v) is 4.73. The predicted molar refractivity (Wildman–Crippen MR) is 88.8 cm³/mol. The zero-order valence-corrected chi connectivity index (χ0v) is 14.0. The van der Waals surface area contributed by atoms with Gasteiger partial charge >= 0.3 is 0 Å². The maximum Gasteiger partial charge on any atom is 0.115 e. The number of piperidine rings is 1. The zero-order valence-electron chi connectivity index (χ0n) is 14.0. The molecule has 0 saturated carbocycles. The van der Waals surface area contributed by atoms with E-state index in [0.29, 0.717) is 17.3 Å². The minimum Gasteiger partial charge on any atom is -0.508 e. The van der Waals surface area contributed by atoms with Gasteiger partial charge in [-0.15, -0.1) is 0 Å². The molecule has 1 saturated heterocycles. The normalized spacial score (nSPS) is 18.3. The molecule has 1 aliphatic heterocycles. The first-order chi connectivity index (χ1) is 9.86. The van der Waals surface area contributed by atoms with E-state index in [1.807, 2.05) is 12.1 Å². The van der Waals surface area contributed by atoms with E-state index in [1.165, 1.54) is 31.5 Å². The molecule has 118 valence electrons. The SMILES string of the molecule is CN(CCc1ccc(O)cc1)C1CCN(C(C)(C)C)CC1. The number of hydrogen-bond acceptors (Lipinski definition) is 3. The fraction of sp³-hybridized carbons (Fsp3) is 0.667. The summed E-state index contributed by atoms with van der Waals surface area (Å²) < 4.78 is 0. The molecule has 0 atom stereocenters. The standard InChI is InChI=1S/C18H30N2O/c1-18(2,3)20-13-10-16(11-14-20)19(4)12-9-15-5-7-17(21)8-6-15/h5-8,16,21H,9-14H2,1-4H3. The van der Waals surface area contributed by atoms with E-state index in [-0.39, 0.29) is 0 Å². The summed E-state index contributed by atoms with van der Waals surface area (Å²) in [7, 11) is 2.25. The van der Waals surface area contributed by atoms with Gasteiger partial charge in [0.25, 0.3) is 0 Å². The van der Waals surface area contributed by atoms with Crippen LogP contribution >= 0.6 is 0 Å². The predicted octanol–water partition coefficient (Wildman–Crippen LogP) is 3.13. The Kier molecular flexibility index (Phi) is 5.28. The summed E-state index contributed by atoms with van der Waals surface area (Å²) in [6, 6.07) is 8.30. The number of phenols is 1. The van der Waals surface area contributed by atoms with Crippen molar-refractivity contribution in [2.24, 2.45) is 0 Å². The highest BCUT2D eigenvalue weighted by atomic mass is 16.3. The van der Waals surface area contributed by atoms with Gasteiger partial charge in [-0.1, -0.05) is 12.1 Å². The molecular weight excluding hydrogens is 260 g/mol. The number of aromatic hydroxyl groups is 1. The average molecular weight is 290 g/mol. The van der Waals surface area contributed by atoms with Gasteiger partial charge in [0.05, 0.1) is 0 Å². The lowest BCUT2D eigenvalue weighted by molar-refractivity contribution is 0.0659. The summed E-state index contributed by atoms with van der Waals surface area (Å²) in [5.74, 6) is 0.349. The first kappa shape index (κ1) is 16.3. The van der Waals surface area contributed by atoms with Crippen molar-refractivity contribution in [1.82, 2.24) is 9.80 Å². The number of benzene rings is 1. The molecule has 0 spiro atoms. The van der Waals surface area contributed by atoms with Gasteiger partial charge in [0, 0.05) is 31.2 Å². The minimum absolute atomic E-state index is 0.301. The molecule has 1 aromatic rings. The van der Waals surface area contributed by atoms with Gasteiger partial charge in [-0.3, -0.25) is 4.90 Å². The van der Waals surface area contributed by atoms with Crippen LogP contribution in [-0.2, 0) is 6.42 Å². The first-order valence-electron chi connectivity index (χ1n) is 8.09. The lowest BCUT2D eigenvalue weighted by Crippen LogP contribution is -2.50. The summed E-state index contributed by atoms with van der Waals surface area (Å²) >= 11 is 0. The molecule has 0 aliphatic carbocycles. The van der Waals surface area contributed by atoms with E-state index in [2.05, 4.69) is 37.6 Å². The van der Waals surface area contributed by atoms with E-state index < -0.39 is 0 Å². The Balaban J connectivity index is 1.77. The fourth-order valence-corrected chi connectivity index (χ4v) is 3.13. The Morgan fingerprint density at radius 1 is 1.14 bits per heavy atom. The number of nitrogens with zero attached hydrogens (tertiary/aromatic N) is 2. The first-order valence-corrected chi connectivity index (χ1v) is 8.09. The molecule has 3 heteroatoms. The molecular formula is C18H30N2O. The largest absolute Gasteiger partial charge is 0.508 e. The molecule has 1 fully saturated rings. The second-order valence-corrected chi connectivity index (χ2v) is 7.29. The van der Waals surface area contributed by atoms with Crippen molar-refractivity contribution in [2.45, 2.75) is 51.6 Å². The Labute approximate surface area is 129 Å². The minimum atomic E-state index is 0.301. The van der Waals surface area contributed by atoms with Gasteiger partial charge in [0.1, 0.15) is 5.75 Å². The summed E-state index contributed by atoms with van der Waals surface area (Å²) in [5.41, 5.74) is 1.60. The quantitative estimate of drug-likeness (QED) is 0.923. The Bertz CT molecular complexity index is 428. The Morgan fingerprint density at radius 3 is 2.24 bits per heavy atom. The molecule has 1 aliphatic rings. The van der Waals surface area contributed by atoms with Gasteiger partial charge in [-0.05, 0) is 64.8 Å². The lowest BCUT2D eigenvalue weighted by atomic mass is 9.97. The molecule has 3 nitrogen and oxygen atoms in total. The van der Waals surface area contributed by atoms with Crippen LogP contribution in [0.2, 0.25) is 0 Å². The molecule has 1 heterocycles. The van der Waals surface area contributed by atoms with Crippen LogP contribution in [0.25, 0.3) is 0 Å². The fourth-order valence-electron chi connectivity index (χ4n) is 3.13. The van der Waals surface area contributed by atoms with Gasteiger partial charge in [-0.25, -0.2) is 0 Å². The topological polar surface area (TPSA) is 26.7 Å². The Morgan fingerprint density at radius 2 is 1.71 bits per heavy atom. The highest BCUT2D eigenvalue weighted by molar-refractivity contribution is 5.26. The highest BCUT2D eigenvalue weighted by Gasteiger charge is 2.28. The highest BCUT2D eigenvalue weighted by Crippen LogP contribution is 2.22. The molecule has 0 unspecified atom stereocenters. The van der Waals surface area contributed by atoms with E-state index in [9.17, 15) is 5.11 Å². The molecule has 2 rings (SSSR count). The van der Waals surface area contributed by atoms with E-state index in [4.69, 9.17) is 0 Å². The lowest BCUT2D eigenvalue weighted by Gasteiger charge is -2.43. The number of hydrogen-bond donors (Lipinski definition) is 1. The molecule has 0 radical (unpaired) electrons. The molecule has 1 aromatic carbocycles. The third kappa shape index (κ3) is 4.72. The van der Waals surface area contributed by atoms with Crippen molar-refractivity contribution in [1.29, 1.82) is 0 Å². The van der Waals surface area contributed by atoms with E-state index >= 15 is 0 Å². The van der Waals surface area contributed by atoms with Crippen LogP contribution in [0.1, 0.15) is 39.2 Å². The number of rotatable bonds is 4. The molecule has 0 bridgehead atoms.